The van der Waals surface area contributed by atoms with Gasteiger partial charge in [-0.2, -0.15) is 0 Å². The highest BCUT2D eigenvalue weighted by Crippen LogP contribution is 2.56. The summed E-state index contributed by atoms with van der Waals surface area (Å²) in [5.74, 6) is 0. The van der Waals surface area contributed by atoms with E-state index in [0.29, 0.717) is 0 Å². The summed E-state index contributed by atoms with van der Waals surface area (Å²) in [5, 5.41) is 21.0. The summed E-state index contributed by atoms with van der Waals surface area (Å²) in [6.45, 7) is 2.26. The number of fused-ring (bicyclic) bond motifs is 9. The van der Waals surface area contributed by atoms with E-state index in [4.69, 9.17) is 0 Å². The molecular formula is C59H36. The molecule has 0 nitrogen and oxygen atoms in total. The normalized spacial score (nSPS) is 12.2. The lowest BCUT2D eigenvalue weighted by Crippen LogP contribution is -1.93. The molecule has 0 atom stereocenters. The van der Waals surface area contributed by atoms with Gasteiger partial charge in [-0.1, -0.05) is 194 Å². The Hall–Kier alpha value is -7.54. The molecule has 272 valence electrons. The predicted octanol–water partition coefficient (Wildman–Crippen LogP) is 16.8. The zero-order chi connectivity index (χ0) is 38.8. The lowest BCUT2D eigenvalue weighted by atomic mass is 9.82. The first-order chi connectivity index (χ1) is 29.2. The first-order valence-electron chi connectivity index (χ1n) is 20.7. The maximum Gasteiger partial charge on any atom is -0.000718 e. The van der Waals surface area contributed by atoms with Gasteiger partial charge in [-0.3, -0.25) is 0 Å². The smallest absolute Gasteiger partial charge is 0.000718 e. The van der Waals surface area contributed by atoms with Crippen molar-refractivity contribution in [2.45, 2.75) is 6.92 Å². The second kappa shape index (κ2) is 12.2. The molecule has 0 radical (unpaired) electrons. The molecule has 0 fully saturated rings. The molecule has 0 N–H and O–H groups in total. The third kappa shape index (κ3) is 4.43. The summed E-state index contributed by atoms with van der Waals surface area (Å²) in [6, 6.07) is 75.0. The first-order valence-corrected chi connectivity index (χ1v) is 20.7. The van der Waals surface area contributed by atoms with Gasteiger partial charge in [-0.25, -0.2) is 0 Å². The molecule has 13 aromatic carbocycles. The standard InChI is InChI=1S/C59H36/c1-35-30-31-37-18-8-9-22-40(37)52(35)46-32-33-49-54-45(46)27-15-29-48(54)59-56(43-25-13-10-21-39(43)36-16-4-2-5-17-36)51-34-50-42-24-12-11-23-41(42)44-26-14-28-47(55(44)50)57(51)53(58(49)59)38-19-6-3-7-20-38/h2-34H,1H3. The lowest BCUT2D eigenvalue weighted by molar-refractivity contribution is 1.50. The van der Waals surface area contributed by atoms with Gasteiger partial charge in [-0.05, 0) is 149 Å². The molecule has 13 aromatic rings. The van der Waals surface area contributed by atoms with Gasteiger partial charge in [0.25, 0.3) is 0 Å². The predicted molar refractivity (Wildman–Crippen MR) is 255 cm³/mol. The third-order valence-corrected chi connectivity index (χ3v) is 13.3. The molecule has 0 aliphatic rings. The van der Waals surface area contributed by atoms with Crippen molar-refractivity contribution < 1.29 is 0 Å². The van der Waals surface area contributed by atoms with Crippen molar-refractivity contribution in [1.29, 1.82) is 0 Å². The Balaban J connectivity index is 1.32. The van der Waals surface area contributed by atoms with E-state index in [1.54, 1.807) is 0 Å². The van der Waals surface area contributed by atoms with Crippen LogP contribution in [0.5, 0.6) is 0 Å². The molecule has 0 saturated carbocycles. The number of benzene rings is 11. The Morgan fingerprint density at radius 3 is 1.56 bits per heavy atom. The van der Waals surface area contributed by atoms with Gasteiger partial charge in [0.15, 0.2) is 0 Å². The fourth-order valence-electron chi connectivity index (χ4n) is 10.9. The molecule has 0 spiro atoms. The van der Waals surface area contributed by atoms with Gasteiger partial charge in [0, 0.05) is 0 Å². The van der Waals surface area contributed by atoms with Crippen molar-refractivity contribution in [1.82, 2.24) is 0 Å². The largest absolute Gasteiger partial charge is 0.0622 e. The molecule has 0 unspecified atom stereocenters. The van der Waals surface area contributed by atoms with E-state index in [-0.39, 0.29) is 0 Å². The van der Waals surface area contributed by atoms with Crippen LogP contribution in [-0.2, 0) is 0 Å². The highest BCUT2D eigenvalue weighted by molar-refractivity contribution is 6.45. The minimum atomic E-state index is 1.22. The summed E-state index contributed by atoms with van der Waals surface area (Å²) in [4.78, 5) is 0. The number of rotatable bonds is 4. The monoisotopic (exact) mass is 744 g/mol. The van der Waals surface area contributed by atoms with Gasteiger partial charge in [0.05, 0.1) is 0 Å². The van der Waals surface area contributed by atoms with Gasteiger partial charge in [0.2, 0.25) is 0 Å². The van der Waals surface area contributed by atoms with E-state index in [2.05, 4.69) is 207 Å². The maximum atomic E-state index is 2.55. The molecule has 0 heterocycles. The fraction of sp³-hybridized carbons (Fsp3) is 0.0169. The average Bonchev–Trinajstić information content (AvgIpc) is 3.80. The summed E-state index contributed by atoms with van der Waals surface area (Å²) in [6.07, 6.45) is 0. The molecule has 59 heavy (non-hydrogen) atoms. The zero-order valence-corrected chi connectivity index (χ0v) is 32.6. The Bertz CT molecular complexity index is 3820. The van der Waals surface area contributed by atoms with Crippen LogP contribution in [0, 0.1) is 6.92 Å². The topological polar surface area (TPSA) is 0 Å². The molecule has 0 aliphatic carbocycles. The van der Waals surface area contributed by atoms with Gasteiger partial charge < -0.3 is 0 Å². The molecular weight excluding hydrogens is 709 g/mol. The minimum Gasteiger partial charge on any atom is -0.0622 e. The van der Waals surface area contributed by atoms with Crippen LogP contribution in [0.2, 0.25) is 0 Å². The van der Waals surface area contributed by atoms with E-state index >= 15 is 0 Å². The van der Waals surface area contributed by atoms with Crippen molar-refractivity contribution in [3.8, 4) is 44.5 Å². The van der Waals surface area contributed by atoms with Crippen LogP contribution in [-0.4, -0.2) is 0 Å². The van der Waals surface area contributed by atoms with Crippen LogP contribution < -0.4 is 0 Å². The van der Waals surface area contributed by atoms with Crippen molar-refractivity contribution >= 4 is 86.2 Å². The summed E-state index contributed by atoms with van der Waals surface area (Å²) in [7, 11) is 0. The molecule has 0 heteroatoms. The molecule has 0 saturated heterocycles. The van der Waals surface area contributed by atoms with Crippen LogP contribution in [0.3, 0.4) is 0 Å². The third-order valence-electron chi connectivity index (χ3n) is 13.3. The Kier molecular flexibility index (Phi) is 6.74. The SMILES string of the molecule is Cc1ccc2ccccc2c1-c1ccc2c3c(-c4ccccc4)c4c(cc5c6ccccc6c6cccc4c65)c(-c4ccccc4-c4ccccc4)c3c3cccc1c32. The summed E-state index contributed by atoms with van der Waals surface area (Å²) >= 11 is 0. The first kappa shape index (κ1) is 32.5. The van der Waals surface area contributed by atoms with E-state index in [9.17, 15) is 0 Å². The Morgan fingerprint density at radius 1 is 0.237 bits per heavy atom. The highest BCUT2D eigenvalue weighted by atomic mass is 14.3. The minimum absolute atomic E-state index is 1.22. The van der Waals surface area contributed by atoms with E-state index in [1.807, 2.05) is 0 Å². The Labute approximate surface area is 341 Å². The van der Waals surface area contributed by atoms with Crippen LogP contribution in [0.1, 0.15) is 5.56 Å². The highest BCUT2D eigenvalue weighted by Gasteiger charge is 2.28. The number of hydrogen-bond donors (Lipinski definition) is 0. The lowest BCUT2D eigenvalue weighted by Gasteiger charge is -2.20. The quantitative estimate of drug-likeness (QED) is 0.157. The van der Waals surface area contributed by atoms with Crippen LogP contribution in [0.25, 0.3) is 131 Å². The Morgan fingerprint density at radius 2 is 0.780 bits per heavy atom. The molecule has 13 rings (SSSR count). The van der Waals surface area contributed by atoms with Crippen molar-refractivity contribution in [3.05, 3.63) is 206 Å². The van der Waals surface area contributed by atoms with E-state index in [0.717, 1.165) is 0 Å². The van der Waals surface area contributed by atoms with Gasteiger partial charge in [0.1, 0.15) is 0 Å². The second-order valence-electron chi connectivity index (χ2n) is 16.3. The van der Waals surface area contributed by atoms with Crippen molar-refractivity contribution in [2.24, 2.45) is 0 Å². The van der Waals surface area contributed by atoms with Crippen LogP contribution in [0.4, 0.5) is 0 Å². The molecule has 0 aliphatic heterocycles. The summed E-state index contributed by atoms with van der Waals surface area (Å²) < 4.78 is 0. The summed E-state index contributed by atoms with van der Waals surface area (Å²) in [5.41, 5.74) is 11.4. The van der Waals surface area contributed by atoms with Gasteiger partial charge >= 0.3 is 0 Å². The van der Waals surface area contributed by atoms with Crippen LogP contribution >= 0.6 is 0 Å². The van der Waals surface area contributed by atoms with Crippen molar-refractivity contribution in [2.75, 3.05) is 0 Å². The van der Waals surface area contributed by atoms with Crippen molar-refractivity contribution in [3.63, 3.8) is 0 Å². The maximum absolute atomic E-state index is 2.55. The second-order valence-corrected chi connectivity index (χ2v) is 16.3. The molecule has 0 amide bonds. The van der Waals surface area contributed by atoms with E-state index in [1.165, 1.54) is 136 Å². The van der Waals surface area contributed by atoms with Gasteiger partial charge in [-0.15, -0.1) is 0 Å². The zero-order valence-electron chi connectivity index (χ0n) is 32.6. The number of aryl methyl sites for hydroxylation is 1. The number of hydrogen-bond acceptors (Lipinski definition) is 0. The fourth-order valence-corrected chi connectivity index (χ4v) is 10.9. The van der Waals surface area contributed by atoms with Crippen LogP contribution in [0.15, 0.2) is 200 Å². The average molecular weight is 745 g/mol. The van der Waals surface area contributed by atoms with E-state index < -0.39 is 0 Å². The molecule has 0 aromatic heterocycles. The molecule has 0 bridgehead atoms.